The second-order valence-corrected chi connectivity index (χ2v) is 9.56. The van der Waals surface area contributed by atoms with Crippen LogP contribution in [0.5, 0.6) is 0 Å². The molecule has 0 heterocycles. The Balaban J connectivity index is 2.20. The van der Waals surface area contributed by atoms with E-state index < -0.39 is 16.0 Å². The number of rotatable bonds is 11. The van der Waals surface area contributed by atoms with Gasteiger partial charge in [0.15, 0.2) is 0 Å². The Morgan fingerprint density at radius 2 is 1.69 bits per heavy atom. The molecule has 0 aliphatic heterocycles. The number of unbranched alkanes of at least 4 members (excludes halogenated alkanes) is 5. The summed E-state index contributed by atoms with van der Waals surface area (Å²) in [5.74, 6) is -1.26. The molecule has 29 heavy (non-hydrogen) atoms. The van der Waals surface area contributed by atoms with Crippen molar-refractivity contribution in [1.82, 2.24) is 0 Å². The number of sulfonamides is 1. The van der Waals surface area contributed by atoms with Crippen molar-refractivity contribution in [2.75, 3.05) is 10.5 Å². The predicted molar refractivity (Wildman–Crippen MR) is 120 cm³/mol. The molecule has 2 aromatic carbocycles. The topological polar surface area (TPSA) is 83.5 Å². The molecular weight excluding hydrogens is 433 g/mol. The Bertz CT molecular complexity index is 961. The summed E-state index contributed by atoms with van der Waals surface area (Å²) in [6.45, 7) is 2.12. The highest BCUT2D eigenvalue weighted by Crippen LogP contribution is 2.33. The lowest BCUT2D eigenvalue weighted by molar-refractivity contribution is 0.0698. The largest absolute Gasteiger partial charge is 0.478 e. The number of carboxylic acid groups (broad SMARTS) is 1. The van der Waals surface area contributed by atoms with Gasteiger partial charge in [0, 0.05) is 15.6 Å². The van der Waals surface area contributed by atoms with Gasteiger partial charge in [0.05, 0.1) is 17.0 Å². The molecule has 0 aromatic heterocycles. The molecule has 0 aliphatic carbocycles. The summed E-state index contributed by atoms with van der Waals surface area (Å²) in [5.41, 5.74) is 1.12. The molecule has 0 spiro atoms. The number of halogens is 2. The van der Waals surface area contributed by atoms with Crippen molar-refractivity contribution in [3.05, 3.63) is 52.0 Å². The van der Waals surface area contributed by atoms with Crippen LogP contribution < -0.4 is 4.72 Å². The van der Waals surface area contributed by atoms with Crippen LogP contribution >= 0.6 is 23.2 Å². The van der Waals surface area contributed by atoms with Crippen LogP contribution in [0.4, 0.5) is 5.69 Å². The molecule has 0 saturated heterocycles. The van der Waals surface area contributed by atoms with Gasteiger partial charge in [0.2, 0.25) is 10.0 Å². The standard InChI is InChI=1S/C21H25Cl2NO4S/c1-2-3-4-5-6-7-12-29(27,28)24-20-13-15(8-10-18(20)21(25)26)17-11-9-16(22)14-19(17)23/h8-11,13-14,24H,2-7,12H2,1H3,(H,25,26). The van der Waals surface area contributed by atoms with Crippen molar-refractivity contribution in [2.45, 2.75) is 45.4 Å². The van der Waals surface area contributed by atoms with Gasteiger partial charge in [0.25, 0.3) is 0 Å². The summed E-state index contributed by atoms with van der Waals surface area (Å²) in [6, 6.07) is 9.38. The van der Waals surface area contributed by atoms with Gasteiger partial charge in [0.1, 0.15) is 0 Å². The fourth-order valence-electron chi connectivity index (χ4n) is 3.00. The van der Waals surface area contributed by atoms with E-state index in [0.717, 1.165) is 32.1 Å². The first kappa shape index (κ1) is 23.5. The van der Waals surface area contributed by atoms with Crippen LogP contribution in [0.25, 0.3) is 11.1 Å². The minimum Gasteiger partial charge on any atom is -0.478 e. The highest BCUT2D eigenvalue weighted by atomic mass is 35.5. The molecule has 0 bridgehead atoms. The van der Waals surface area contributed by atoms with Crippen LogP contribution in [0.1, 0.15) is 55.8 Å². The highest BCUT2D eigenvalue weighted by Gasteiger charge is 2.18. The van der Waals surface area contributed by atoms with Crippen LogP contribution in [-0.2, 0) is 10.0 Å². The minimum absolute atomic E-state index is 0.0204. The number of carbonyl (C=O) groups is 1. The Morgan fingerprint density at radius 3 is 2.34 bits per heavy atom. The number of nitrogens with one attached hydrogen (secondary N) is 1. The Morgan fingerprint density at radius 1 is 1.00 bits per heavy atom. The van der Waals surface area contributed by atoms with Crippen LogP contribution in [0.2, 0.25) is 10.0 Å². The zero-order chi connectivity index (χ0) is 21.4. The van der Waals surface area contributed by atoms with E-state index in [1.54, 1.807) is 24.3 Å². The van der Waals surface area contributed by atoms with Crippen LogP contribution in [0, 0.1) is 0 Å². The molecule has 2 rings (SSSR count). The third-order valence-corrected chi connectivity index (χ3v) is 6.43. The summed E-state index contributed by atoms with van der Waals surface area (Å²) in [5, 5.41) is 10.3. The van der Waals surface area contributed by atoms with Crippen LogP contribution in [0.15, 0.2) is 36.4 Å². The number of carboxylic acids is 1. The molecule has 0 fully saturated rings. The molecule has 2 N–H and O–H groups in total. The fourth-order valence-corrected chi connectivity index (χ4v) is 4.71. The Hall–Kier alpha value is -1.76. The van der Waals surface area contributed by atoms with Gasteiger partial charge in [-0.05, 0) is 36.2 Å². The van der Waals surface area contributed by atoms with Crippen molar-refractivity contribution in [1.29, 1.82) is 0 Å². The van der Waals surface area contributed by atoms with E-state index in [0.29, 0.717) is 27.6 Å². The molecule has 0 aliphatic rings. The van der Waals surface area contributed by atoms with Crippen LogP contribution in [-0.4, -0.2) is 25.2 Å². The number of aromatic carboxylic acids is 1. The zero-order valence-electron chi connectivity index (χ0n) is 16.2. The fraction of sp³-hybridized carbons (Fsp3) is 0.381. The van der Waals surface area contributed by atoms with E-state index in [1.165, 1.54) is 12.1 Å². The van der Waals surface area contributed by atoms with Gasteiger partial charge in [-0.25, -0.2) is 13.2 Å². The summed E-state index contributed by atoms with van der Waals surface area (Å²) in [7, 11) is -3.67. The molecule has 5 nitrogen and oxygen atoms in total. The number of hydrogen-bond acceptors (Lipinski definition) is 3. The third kappa shape index (κ3) is 7.21. The van der Waals surface area contributed by atoms with Crippen molar-refractivity contribution in [3.8, 4) is 11.1 Å². The molecule has 0 unspecified atom stereocenters. The van der Waals surface area contributed by atoms with Crippen molar-refractivity contribution >= 4 is 44.9 Å². The first-order valence-corrected chi connectivity index (χ1v) is 12.0. The van der Waals surface area contributed by atoms with Crippen molar-refractivity contribution in [2.24, 2.45) is 0 Å². The quantitative estimate of drug-likeness (QED) is 0.379. The average Bonchev–Trinajstić information content (AvgIpc) is 2.64. The molecule has 0 atom stereocenters. The Kier molecular flexibility index (Phi) is 8.80. The molecule has 0 amide bonds. The molecule has 2 aromatic rings. The average molecular weight is 458 g/mol. The predicted octanol–water partition coefficient (Wildman–Crippen LogP) is 6.46. The van der Waals surface area contributed by atoms with E-state index in [1.807, 2.05) is 0 Å². The van der Waals surface area contributed by atoms with Gasteiger partial charge in [-0.3, -0.25) is 4.72 Å². The van der Waals surface area contributed by atoms with Gasteiger partial charge < -0.3 is 5.11 Å². The smallest absolute Gasteiger partial charge is 0.337 e. The van der Waals surface area contributed by atoms with Crippen molar-refractivity contribution in [3.63, 3.8) is 0 Å². The lowest BCUT2D eigenvalue weighted by Gasteiger charge is -2.13. The van der Waals surface area contributed by atoms with Gasteiger partial charge in [-0.15, -0.1) is 0 Å². The SMILES string of the molecule is CCCCCCCCS(=O)(=O)Nc1cc(-c2ccc(Cl)cc2Cl)ccc1C(=O)O. The van der Waals surface area contributed by atoms with E-state index in [-0.39, 0.29) is 17.0 Å². The molecular formula is C21H25Cl2NO4S. The number of anilines is 1. The summed E-state index contributed by atoms with van der Waals surface area (Å²) in [4.78, 5) is 11.5. The van der Waals surface area contributed by atoms with Gasteiger partial charge in [-0.2, -0.15) is 0 Å². The number of hydrogen-bond donors (Lipinski definition) is 2. The maximum Gasteiger partial charge on any atom is 0.337 e. The molecule has 0 radical (unpaired) electrons. The second-order valence-electron chi connectivity index (χ2n) is 6.88. The molecule has 158 valence electrons. The first-order valence-electron chi connectivity index (χ1n) is 9.57. The monoisotopic (exact) mass is 457 g/mol. The Labute approximate surface area is 182 Å². The van der Waals surface area contributed by atoms with E-state index in [4.69, 9.17) is 23.2 Å². The van der Waals surface area contributed by atoms with E-state index in [9.17, 15) is 18.3 Å². The summed E-state index contributed by atoms with van der Waals surface area (Å²) >= 11 is 12.2. The maximum atomic E-state index is 12.5. The van der Waals surface area contributed by atoms with E-state index >= 15 is 0 Å². The summed E-state index contributed by atoms with van der Waals surface area (Å²) in [6.07, 6.45) is 5.72. The lowest BCUT2D eigenvalue weighted by atomic mass is 10.0. The summed E-state index contributed by atoms with van der Waals surface area (Å²) < 4.78 is 27.4. The lowest BCUT2D eigenvalue weighted by Crippen LogP contribution is -2.18. The minimum atomic E-state index is -3.67. The zero-order valence-corrected chi connectivity index (χ0v) is 18.6. The van der Waals surface area contributed by atoms with E-state index in [2.05, 4.69) is 11.6 Å². The van der Waals surface area contributed by atoms with Gasteiger partial charge >= 0.3 is 5.97 Å². The third-order valence-electron chi connectivity index (χ3n) is 4.52. The van der Waals surface area contributed by atoms with Crippen molar-refractivity contribution < 1.29 is 18.3 Å². The second kappa shape index (κ2) is 10.9. The highest BCUT2D eigenvalue weighted by molar-refractivity contribution is 7.92. The van der Waals surface area contributed by atoms with Crippen LogP contribution in [0.3, 0.4) is 0 Å². The molecule has 0 saturated carbocycles. The number of benzene rings is 2. The first-order chi connectivity index (χ1) is 13.7. The maximum absolute atomic E-state index is 12.5. The molecule has 8 heteroatoms. The van der Waals surface area contributed by atoms with Gasteiger partial charge in [-0.1, -0.05) is 74.4 Å². The normalized spacial score (nSPS) is 11.4.